The Morgan fingerprint density at radius 2 is 0.545 bits per heavy atom. The Bertz CT molecular complexity index is 3880. The Morgan fingerprint density at radius 1 is 0.273 bits per heavy atom. The van der Waals surface area contributed by atoms with Gasteiger partial charge in [0, 0.05) is 22.4 Å². The van der Waals surface area contributed by atoms with Crippen LogP contribution in [0, 0.1) is 0 Å². The quantitative estimate of drug-likeness (QED) is 0.147. The van der Waals surface area contributed by atoms with E-state index in [1.807, 2.05) is 0 Å². The van der Waals surface area contributed by atoms with Crippen molar-refractivity contribution in [2.24, 2.45) is 0 Å². The highest BCUT2D eigenvalue weighted by Crippen LogP contribution is 2.38. The molecule has 0 unspecified atom stereocenters. The molecule has 26 heteroatoms. The monoisotopic (exact) mass is 823 g/mol. The second-order valence-corrected chi connectivity index (χ2v) is 21.5. The molecule has 4 nitrogen and oxygen atoms in total. The van der Waals surface area contributed by atoms with Crippen molar-refractivity contribution in [3.8, 4) is 22.5 Å². The molecule has 0 spiro atoms. The fourth-order valence-corrected chi connectivity index (χ4v) is 14.0. The molecule has 10 aromatic rings. The van der Waals surface area contributed by atoms with Crippen LogP contribution in [0.4, 0.5) is 0 Å². The van der Waals surface area contributed by atoms with Gasteiger partial charge in [-0.1, -0.05) is 87.4 Å². The molecule has 66 heavy (non-hydrogen) atoms. The van der Waals surface area contributed by atoms with Crippen molar-refractivity contribution in [1.29, 1.82) is 0 Å². The third-order valence-corrected chi connectivity index (χ3v) is 19.5. The van der Waals surface area contributed by atoms with Gasteiger partial charge in [0.2, 0.25) is 0 Å². The van der Waals surface area contributed by atoms with Gasteiger partial charge in [0.1, 0.15) is 176 Å². The molecule has 2 aliphatic heterocycles. The van der Waals surface area contributed by atoms with Crippen LogP contribution in [0.5, 0.6) is 0 Å². The van der Waals surface area contributed by atoms with Crippen molar-refractivity contribution in [2.75, 3.05) is 0 Å². The summed E-state index contributed by atoms with van der Waals surface area (Å²) in [7, 11) is 49.7. The molecular formula is C40H44B22N4. The first kappa shape index (κ1) is 42.8. The van der Waals surface area contributed by atoms with Crippen molar-refractivity contribution in [1.82, 2.24) is 17.9 Å². The SMILES string of the molecule is Bc1c(B)c(B)c(-c2cc3c4c(c2)-n2c5c(B)c(B)c(B)c(B)c5n5c6c(B)c(B)c(B)c(B)c6c(c25)B4c2c4c(B)c(B)c(B)c(B)c4n4c5c(B)c(B)c(B)c(B)c5n-3c24)c(B)c1B. The van der Waals surface area contributed by atoms with Crippen LogP contribution >= 0.6 is 0 Å². The first-order valence-electron chi connectivity index (χ1n) is 24.5. The van der Waals surface area contributed by atoms with Crippen molar-refractivity contribution in [3.63, 3.8) is 0 Å². The van der Waals surface area contributed by atoms with E-state index in [4.69, 9.17) is 0 Å². The first-order chi connectivity index (χ1) is 31.1. The van der Waals surface area contributed by atoms with Gasteiger partial charge in [-0.15, -0.1) is 27.3 Å². The fourth-order valence-electron chi connectivity index (χ4n) is 14.0. The summed E-state index contributed by atoms with van der Waals surface area (Å²) in [5.41, 5.74) is 49.7. The van der Waals surface area contributed by atoms with E-state index < -0.39 is 0 Å². The minimum atomic E-state index is -0.00705. The Hall–Kier alpha value is -4.57. The summed E-state index contributed by atoms with van der Waals surface area (Å²) in [4.78, 5) is 0. The summed E-state index contributed by atoms with van der Waals surface area (Å²) in [6.45, 7) is -0.00705. The predicted molar refractivity (Wildman–Crippen MR) is 359 cm³/mol. The van der Waals surface area contributed by atoms with Crippen LogP contribution in [0.15, 0.2) is 12.1 Å². The number of nitrogens with zero attached hydrogens (tertiary/aromatic N) is 4. The average molecular weight is 819 g/mol. The normalized spacial score (nSPS) is 12.9. The summed E-state index contributed by atoms with van der Waals surface area (Å²) >= 11 is 0. The minimum absolute atomic E-state index is 0.00705. The zero-order valence-electron chi connectivity index (χ0n) is 43.5. The first-order valence-corrected chi connectivity index (χ1v) is 24.5. The van der Waals surface area contributed by atoms with Gasteiger partial charge in [-0.05, 0) is 50.4 Å². The third-order valence-electron chi connectivity index (χ3n) is 19.5. The molecule has 0 fully saturated rings. The molecule has 12 rings (SSSR count). The topological polar surface area (TPSA) is 18.7 Å². The maximum atomic E-state index is 2.77. The second-order valence-electron chi connectivity index (χ2n) is 21.5. The summed E-state index contributed by atoms with van der Waals surface area (Å²) in [5, 5.41) is 2.88. The maximum absolute atomic E-state index is 2.77. The Morgan fingerprint density at radius 3 is 0.894 bits per heavy atom. The van der Waals surface area contributed by atoms with E-state index in [9.17, 15) is 0 Å². The van der Waals surface area contributed by atoms with Gasteiger partial charge in [0.25, 0.3) is 6.71 Å². The molecular weight excluding hydrogens is 774 g/mol. The summed E-state index contributed by atoms with van der Waals surface area (Å²) < 4.78 is 11.1. The Labute approximate surface area is 407 Å². The molecule has 0 N–H and O–H groups in total. The van der Waals surface area contributed by atoms with Crippen LogP contribution < -0.4 is 131 Å². The molecule has 0 aliphatic carbocycles. The molecule has 0 radical (unpaired) electrons. The predicted octanol–water partition coefficient (Wildman–Crippen LogP) is -29.4. The number of hydrogen-bond acceptors (Lipinski definition) is 0. The molecule has 4 aromatic heterocycles. The lowest BCUT2D eigenvalue weighted by Gasteiger charge is -2.34. The Balaban J connectivity index is 1.48. The summed E-state index contributed by atoms with van der Waals surface area (Å²) in [6.07, 6.45) is 0. The summed E-state index contributed by atoms with van der Waals surface area (Å²) in [5.74, 6) is 0. The molecule has 6 heterocycles. The van der Waals surface area contributed by atoms with Crippen molar-refractivity contribution >= 4 is 358 Å². The molecule has 6 aromatic carbocycles. The second kappa shape index (κ2) is 13.4. The molecule has 2 aliphatic rings. The van der Waals surface area contributed by atoms with Crippen LogP contribution in [0.3, 0.4) is 0 Å². The zero-order chi connectivity index (χ0) is 47.2. The molecule has 0 atom stereocenters. The highest BCUT2D eigenvalue weighted by Gasteiger charge is 2.47. The van der Waals surface area contributed by atoms with Gasteiger partial charge >= 0.3 is 0 Å². The largest absolute Gasteiger partial charge is 0.295 e. The number of hydrogen-bond donors (Lipinski definition) is 0. The van der Waals surface area contributed by atoms with E-state index in [0.717, 1.165) is 0 Å². The number of imidazole rings is 2. The number of rotatable bonds is 1. The third kappa shape index (κ3) is 4.54. The summed E-state index contributed by atoms with van der Waals surface area (Å²) in [6, 6.07) is 5.26. The van der Waals surface area contributed by atoms with E-state index >= 15 is 0 Å². The smallest absolute Gasteiger partial charge is 0.257 e. The van der Waals surface area contributed by atoms with Crippen molar-refractivity contribution in [2.45, 2.75) is 0 Å². The number of benzene rings is 6. The molecule has 290 valence electrons. The lowest BCUT2D eigenvalue weighted by atomic mass is 9.33. The number of aromatic nitrogens is 4. The molecule has 0 saturated heterocycles. The van der Waals surface area contributed by atoms with Crippen LogP contribution in [0.2, 0.25) is 0 Å². The number of fused-ring (bicyclic) bond motifs is 16. The van der Waals surface area contributed by atoms with E-state index in [2.05, 4.69) is 195 Å². The van der Waals surface area contributed by atoms with E-state index in [-0.39, 0.29) is 6.71 Å². The van der Waals surface area contributed by atoms with Crippen molar-refractivity contribution in [3.05, 3.63) is 12.1 Å². The highest BCUT2D eigenvalue weighted by molar-refractivity contribution is 7.04. The van der Waals surface area contributed by atoms with Crippen LogP contribution in [0.25, 0.3) is 77.7 Å². The lowest BCUT2D eigenvalue weighted by Crippen LogP contribution is -2.61. The van der Waals surface area contributed by atoms with E-state index in [0.29, 0.717) is 0 Å². The van der Waals surface area contributed by atoms with Crippen LogP contribution in [0.1, 0.15) is 0 Å². The van der Waals surface area contributed by atoms with Gasteiger partial charge in [-0.2, -0.15) is 0 Å². The maximum Gasteiger partial charge on any atom is 0.257 e. The fraction of sp³-hybridized carbons (Fsp3) is 0. The van der Waals surface area contributed by atoms with Crippen LogP contribution in [-0.2, 0) is 0 Å². The standard InChI is InChI=1S/C40H44B22N4/c41-9-6(10(42)14(46)17(49)13(9)45)3-1-4-30-5(2-3)64-36-27(59)21(53)23(55)29(61)38(36)66-34-8(12(44)16(48)19(51)25(34)57)32(40(64)66)62(30)31-7-11(43)15(47)18(50)24(56)33(7)65-37-28(60)22(54)20(52)26(58)35(37)63(4)39(31)65/h1-2H,41-61H2. The van der Waals surface area contributed by atoms with E-state index in [1.54, 1.807) is 0 Å². The molecule has 0 saturated carbocycles. The van der Waals surface area contributed by atoms with Crippen LogP contribution in [-0.4, -0.2) is 189 Å². The van der Waals surface area contributed by atoms with E-state index in [1.165, 1.54) is 209 Å². The van der Waals surface area contributed by atoms with Gasteiger partial charge in [0.05, 0.1) is 22.1 Å². The van der Waals surface area contributed by atoms with Gasteiger partial charge in [-0.3, -0.25) is 17.9 Å². The van der Waals surface area contributed by atoms with Gasteiger partial charge in [-0.25, -0.2) is 0 Å². The van der Waals surface area contributed by atoms with Crippen molar-refractivity contribution < 1.29 is 0 Å². The average Bonchev–Trinajstić information content (AvgIpc) is 4.04. The lowest BCUT2D eigenvalue weighted by molar-refractivity contribution is 1.12. The molecule has 0 bridgehead atoms. The minimum Gasteiger partial charge on any atom is -0.295 e. The van der Waals surface area contributed by atoms with Gasteiger partial charge < -0.3 is 0 Å². The molecule has 0 amide bonds. The van der Waals surface area contributed by atoms with Gasteiger partial charge in [0.15, 0.2) is 0 Å². The Kier molecular flexibility index (Phi) is 8.65. The highest BCUT2D eigenvalue weighted by atomic mass is 15.2. The zero-order valence-corrected chi connectivity index (χ0v) is 43.5.